The minimum absolute atomic E-state index is 0.0729. The molecule has 0 aliphatic heterocycles. The molecule has 2 saturated carbocycles. The molecule has 0 radical (unpaired) electrons. The Hall–Kier alpha value is -4.01. The van der Waals surface area contributed by atoms with Crippen molar-refractivity contribution in [3.63, 3.8) is 0 Å². The van der Waals surface area contributed by atoms with Gasteiger partial charge in [0.05, 0.1) is 6.42 Å². The van der Waals surface area contributed by atoms with Gasteiger partial charge >= 0.3 is 12.3 Å². The summed E-state index contributed by atoms with van der Waals surface area (Å²) in [4.78, 5) is 23.1. The molecule has 3 atom stereocenters. The van der Waals surface area contributed by atoms with Crippen molar-refractivity contribution in [2.45, 2.75) is 43.9 Å². The fourth-order valence-electron chi connectivity index (χ4n) is 6.17. The average Bonchev–Trinajstić information content (AvgIpc) is 3.52. The van der Waals surface area contributed by atoms with Crippen LogP contribution in [-0.2, 0) is 10.2 Å². The molecule has 2 aliphatic rings. The molecule has 0 heterocycles. The number of hydrogen-bond acceptors (Lipinski definition) is 4. The standard InChI is InChI=1S/C30H28F3NO5/c31-30(32,33)39-26-13-11-25(12-14-26)38-24-9-7-22(8-10-24)29(18-19-1-4-23(29)17-19)21-5-2-20(3-6-21)28(37)34-16-15-27(35)36/h2-3,5-14,19,23H,1,4,15-18H2,(H,34,37)(H,35,36). The maximum absolute atomic E-state index is 12.4. The zero-order valence-electron chi connectivity index (χ0n) is 21.0. The molecular formula is C30H28F3NO5. The number of amides is 1. The highest BCUT2D eigenvalue weighted by atomic mass is 19.4. The van der Waals surface area contributed by atoms with Crippen molar-refractivity contribution in [1.29, 1.82) is 0 Å². The maximum atomic E-state index is 12.4. The molecule has 5 rings (SSSR count). The third-order valence-electron chi connectivity index (χ3n) is 7.80. The van der Waals surface area contributed by atoms with Crippen LogP contribution in [0.2, 0.25) is 0 Å². The Bertz CT molecular complexity index is 1320. The third-order valence-corrected chi connectivity index (χ3v) is 7.80. The normalized spacial score (nSPS) is 21.9. The van der Waals surface area contributed by atoms with Crippen LogP contribution >= 0.6 is 0 Å². The third kappa shape index (κ3) is 5.87. The fourth-order valence-corrected chi connectivity index (χ4v) is 6.17. The Kier molecular flexibility index (Phi) is 7.25. The van der Waals surface area contributed by atoms with Crippen molar-refractivity contribution in [2.75, 3.05) is 6.54 Å². The molecule has 6 nitrogen and oxygen atoms in total. The van der Waals surface area contributed by atoms with Gasteiger partial charge in [0.1, 0.15) is 17.2 Å². The number of nitrogens with one attached hydrogen (secondary N) is 1. The largest absolute Gasteiger partial charge is 0.573 e. The number of halogens is 3. The molecule has 204 valence electrons. The van der Waals surface area contributed by atoms with E-state index in [1.165, 1.54) is 30.7 Å². The number of carbonyl (C=O) groups is 2. The SMILES string of the molecule is O=C(O)CCNC(=O)c1ccc(C2(c3ccc(Oc4ccc(OC(F)(F)F)cc4)cc3)CC3CCC2C3)cc1. The van der Waals surface area contributed by atoms with Crippen LogP contribution in [-0.4, -0.2) is 29.9 Å². The first-order chi connectivity index (χ1) is 18.6. The molecule has 9 heteroatoms. The van der Waals surface area contributed by atoms with Crippen molar-refractivity contribution in [2.24, 2.45) is 11.8 Å². The highest BCUT2D eigenvalue weighted by Gasteiger charge is 2.52. The zero-order valence-corrected chi connectivity index (χ0v) is 21.0. The minimum Gasteiger partial charge on any atom is -0.481 e. The molecule has 39 heavy (non-hydrogen) atoms. The van der Waals surface area contributed by atoms with Crippen LogP contribution in [0.3, 0.4) is 0 Å². The van der Waals surface area contributed by atoms with E-state index in [0.717, 1.165) is 30.4 Å². The molecule has 2 aliphatic carbocycles. The summed E-state index contributed by atoms with van der Waals surface area (Å²) in [6, 6.07) is 20.7. The molecule has 2 bridgehead atoms. The molecule has 3 unspecified atom stereocenters. The molecule has 0 saturated heterocycles. The Morgan fingerprint density at radius 3 is 1.95 bits per heavy atom. The van der Waals surface area contributed by atoms with Crippen LogP contribution in [0.15, 0.2) is 72.8 Å². The van der Waals surface area contributed by atoms with Crippen LogP contribution in [0.5, 0.6) is 17.2 Å². The summed E-state index contributed by atoms with van der Waals surface area (Å²) in [7, 11) is 0. The molecule has 3 aromatic rings. The van der Waals surface area contributed by atoms with Crippen LogP contribution in [0.1, 0.15) is 53.6 Å². The van der Waals surface area contributed by atoms with Gasteiger partial charge in [-0.05, 0) is 90.8 Å². The summed E-state index contributed by atoms with van der Waals surface area (Å²) in [6.07, 6.45) is -0.362. The van der Waals surface area contributed by atoms with Gasteiger partial charge in [-0.15, -0.1) is 13.2 Å². The Balaban J connectivity index is 1.33. The van der Waals surface area contributed by atoms with Gasteiger partial charge in [0, 0.05) is 17.5 Å². The van der Waals surface area contributed by atoms with Crippen molar-refractivity contribution in [3.05, 3.63) is 89.5 Å². The smallest absolute Gasteiger partial charge is 0.481 e. The van der Waals surface area contributed by atoms with Crippen LogP contribution < -0.4 is 14.8 Å². The average molecular weight is 540 g/mol. The summed E-state index contributed by atoms with van der Waals surface area (Å²) in [5.41, 5.74) is 2.61. The summed E-state index contributed by atoms with van der Waals surface area (Å²) >= 11 is 0. The number of aliphatic carboxylic acids is 1. The van der Waals surface area contributed by atoms with E-state index < -0.39 is 12.3 Å². The predicted octanol–water partition coefficient (Wildman–Crippen LogP) is 6.69. The van der Waals surface area contributed by atoms with E-state index in [-0.39, 0.29) is 30.0 Å². The Labute approximate surface area is 223 Å². The number of rotatable bonds is 9. The minimum atomic E-state index is -4.75. The lowest BCUT2D eigenvalue weighted by molar-refractivity contribution is -0.274. The van der Waals surface area contributed by atoms with E-state index in [1.54, 1.807) is 12.1 Å². The van der Waals surface area contributed by atoms with Crippen molar-refractivity contribution in [1.82, 2.24) is 5.32 Å². The summed E-state index contributed by atoms with van der Waals surface area (Å²) in [5, 5.41) is 11.4. The van der Waals surface area contributed by atoms with Gasteiger partial charge in [-0.1, -0.05) is 30.7 Å². The number of carbonyl (C=O) groups excluding carboxylic acids is 1. The number of ether oxygens (including phenoxy) is 2. The number of carboxylic acids is 1. The van der Waals surface area contributed by atoms with Gasteiger partial charge < -0.3 is 19.9 Å². The van der Waals surface area contributed by atoms with E-state index in [9.17, 15) is 22.8 Å². The van der Waals surface area contributed by atoms with E-state index >= 15 is 0 Å². The van der Waals surface area contributed by atoms with Crippen molar-refractivity contribution < 1.29 is 37.3 Å². The molecule has 2 N–H and O–H groups in total. The van der Waals surface area contributed by atoms with E-state index in [0.29, 0.717) is 28.9 Å². The number of alkyl halides is 3. The van der Waals surface area contributed by atoms with Crippen molar-refractivity contribution >= 4 is 11.9 Å². The second kappa shape index (κ2) is 10.6. The van der Waals surface area contributed by atoms with Crippen LogP contribution in [0.4, 0.5) is 13.2 Å². The van der Waals surface area contributed by atoms with Gasteiger partial charge in [0.25, 0.3) is 5.91 Å². The Morgan fingerprint density at radius 1 is 0.872 bits per heavy atom. The second-order valence-corrected chi connectivity index (χ2v) is 10.2. The van der Waals surface area contributed by atoms with E-state index in [2.05, 4.69) is 10.1 Å². The monoisotopic (exact) mass is 539 g/mol. The van der Waals surface area contributed by atoms with Gasteiger partial charge in [-0.3, -0.25) is 9.59 Å². The summed E-state index contributed by atoms with van der Waals surface area (Å²) in [5.74, 6) is 0.498. The highest BCUT2D eigenvalue weighted by Crippen LogP contribution is 2.60. The molecule has 3 aromatic carbocycles. The van der Waals surface area contributed by atoms with Gasteiger partial charge in [0.15, 0.2) is 0 Å². The van der Waals surface area contributed by atoms with Gasteiger partial charge in [-0.2, -0.15) is 0 Å². The summed E-state index contributed by atoms with van der Waals surface area (Å²) in [6.45, 7) is 0.0729. The first-order valence-corrected chi connectivity index (χ1v) is 12.9. The number of fused-ring (bicyclic) bond motifs is 2. The van der Waals surface area contributed by atoms with Crippen molar-refractivity contribution in [3.8, 4) is 17.2 Å². The maximum Gasteiger partial charge on any atom is 0.573 e. The van der Waals surface area contributed by atoms with Crippen LogP contribution in [0, 0.1) is 11.8 Å². The molecule has 0 aromatic heterocycles. The molecule has 0 spiro atoms. The van der Waals surface area contributed by atoms with Gasteiger partial charge in [-0.25, -0.2) is 0 Å². The number of benzene rings is 3. The first kappa shape index (κ1) is 26.6. The molecule has 1 amide bonds. The lowest BCUT2D eigenvalue weighted by Crippen LogP contribution is -2.34. The summed E-state index contributed by atoms with van der Waals surface area (Å²) < 4.78 is 47.0. The zero-order chi connectivity index (χ0) is 27.6. The quantitative estimate of drug-likeness (QED) is 0.317. The van der Waals surface area contributed by atoms with Gasteiger partial charge in [0.2, 0.25) is 0 Å². The fraction of sp³-hybridized carbons (Fsp3) is 0.333. The number of carboxylic acid groups (broad SMARTS) is 1. The number of hydrogen-bond donors (Lipinski definition) is 2. The predicted molar refractivity (Wildman–Crippen MR) is 137 cm³/mol. The lowest BCUT2D eigenvalue weighted by Gasteiger charge is -2.39. The lowest BCUT2D eigenvalue weighted by atomic mass is 9.64. The first-order valence-electron chi connectivity index (χ1n) is 12.9. The van der Waals surface area contributed by atoms with Crippen LogP contribution in [0.25, 0.3) is 0 Å². The molecular weight excluding hydrogens is 511 g/mol. The second-order valence-electron chi connectivity index (χ2n) is 10.2. The highest BCUT2D eigenvalue weighted by molar-refractivity contribution is 5.94. The Morgan fingerprint density at radius 2 is 1.44 bits per heavy atom. The van der Waals surface area contributed by atoms with E-state index in [1.807, 2.05) is 36.4 Å². The topological polar surface area (TPSA) is 84.9 Å². The molecule has 2 fully saturated rings. The van der Waals surface area contributed by atoms with E-state index in [4.69, 9.17) is 9.84 Å².